The number of likely N-dealkylation sites (tertiary alicyclic amines) is 1. The number of amides is 1. The van der Waals surface area contributed by atoms with Gasteiger partial charge in [0.1, 0.15) is 17.3 Å². The Morgan fingerprint density at radius 3 is 2.68 bits per heavy atom. The second kappa shape index (κ2) is 6.75. The van der Waals surface area contributed by atoms with Crippen LogP contribution in [0.15, 0.2) is 65.9 Å². The lowest BCUT2D eigenvalue weighted by atomic mass is 9.77. The predicted molar refractivity (Wildman–Crippen MR) is 107 cm³/mol. The number of carbonyl (C=O) groups is 1. The summed E-state index contributed by atoms with van der Waals surface area (Å²) in [5.74, 6) is 1.08. The van der Waals surface area contributed by atoms with E-state index in [4.69, 9.17) is 9.47 Å². The molecule has 28 heavy (non-hydrogen) atoms. The molecular formula is C23H23NO4. The standard InChI is InChI=1S/C23H23NO4/c1-23-14-18(17-6-4-5-7-20(17)28-23)21(22(26)24(23)2)19(25)13-10-15-8-11-16(27-3)12-9-15/h4-13,18,25H,14H2,1-3H3/b13-10+,21-19+. The predicted octanol–water partition coefficient (Wildman–Crippen LogP) is 4.28. The van der Waals surface area contributed by atoms with Gasteiger partial charge in [0.15, 0.2) is 5.72 Å². The first-order chi connectivity index (χ1) is 13.4. The molecule has 0 radical (unpaired) electrons. The van der Waals surface area contributed by atoms with Gasteiger partial charge in [-0.15, -0.1) is 0 Å². The zero-order valence-electron chi connectivity index (χ0n) is 16.2. The Hall–Kier alpha value is -3.21. The van der Waals surface area contributed by atoms with Crippen LogP contribution in [-0.2, 0) is 4.79 Å². The minimum absolute atomic E-state index is 0.0172. The van der Waals surface area contributed by atoms with E-state index in [0.717, 1.165) is 22.6 Å². The maximum atomic E-state index is 13.1. The summed E-state index contributed by atoms with van der Waals surface area (Å²) < 4.78 is 11.3. The van der Waals surface area contributed by atoms with Crippen molar-refractivity contribution >= 4 is 12.0 Å². The molecule has 2 unspecified atom stereocenters. The van der Waals surface area contributed by atoms with Crippen LogP contribution in [0.2, 0.25) is 0 Å². The average molecular weight is 377 g/mol. The number of fused-ring (bicyclic) bond motifs is 4. The van der Waals surface area contributed by atoms with Crippen LogP contribution in [0.3, 0.4) is 0 Å². The molecule has 1 N–H and O–H groups in total. The van der Waals surface area contributed by atoms with Gasteiger partial charge in [0.25, 0.3) is 5.91 Å². The quantitative estimate of drug-likeness (QED) is 0.641. The molecule has 4 rings (SSSR count). The smallest absolute Gasteiger partial charge is 0.256 e. The number of aliphatic hydroxyl groups is 1. The number of aliphatic hydroxyl groups excluding tert-OH is 1. The maximum absolute atomic E-state index is 13.1. The summed E-state index contributed by atoms with van der Waals surface area (Å²) in [6.45, 7) is 1.91. The number of hydrogen-bond acceptors (Lipinski definition) is 4. The topological polar surface area (TPSA) is 59.0 Å². The molecule has 2 aliphatic rings. The molecule has 0 aromatic heterocycles. The van der Waals surface area contributed by atoms with Crippen molar-refractivity contribution in [2.45, 2.75) is 25.0 Å². The van der Waals surface area contributed by atoms with Gasteiger partial charge in [-0.2, -0.15) is 0 Å². The first kappa shape index (κ1) is 18.2. The van der Waals surface area contributed by atoms with Crippen molar-refractivity contribution in [3.63, 3.8) is 0 Å². The van der Waals surface area contributed by atoms with Gasteiger partial charge >= 0.3 is 0 Å². The van der Waals surface area contributed by atoms with Crippen LogP contribution >= 0.6 is 0 Å². The molecule has 2 heterocycles. The van der Waals surface area contributed by atoms with Crippen LogP contribution in [0.1, 0.15) is 30.4 Å². The minimum Gasteiger partial charge on any atom is -0.507 e. The molecule has 2 atom stereocenters. The maximum Gasteiger partial charge on any atom is 0.256 e. The monoisotopic (exact) mass is 377 g/mol. The van der Waals surface area contributed by atoms with Crippen molar-refractivity contribution in [2.75, 3.05) is 14.2 Å². The van der Waals surface area contributed by atoms with Crippen LogP contribution in [0, 0.1) is 0 Å². The SMILES string of the molecule is COc1ccc(/C=C/C(O)=C2\C(=O)N(C)C3(C)CC2c2ccccc2O3)cc1. The number of carbonyl (C=O) groups excluding carboxylic acids is 1. The van der Waals surface area contributed by atoms with Gasteiger partial charge in [-0.25, -0.2) is 0 Å². The fraction of sp³-hybridized carbons (Fsp3) is 0.261. The molecule has 2 aliphatic heterocycles. The Morgan fingerprint density at radius 1 is 1.25 bits per heavy atom. The van der Waals surface area contributed by atoms with Crippen LogP contribution in [0.4, 0.5) is 0 Å². The van der Waals surface area contributed by atoms with E-state index in [1.54, 1.807) is 31.2 Å². The number of hydrogen-bond donors (Lipinski definition) is 1. The third-order valence-electron chi connectivity index (χ3n) is 5.63. The van der Waals surface area contributed by atoms with E-state index in [9.17, 15) is 9.90 Å². The highest BCUT2D eigenvalue weighted by Gasteiger charge is 2.50. The summed E-state index contributed by atoms with van der Waals surface area (Å²) in [6.07, 6.45) is 3.97. The van der Waals surface area contributed by atoms with Gasteiger partial charge in [-0.3, -0.25) is 4.79 Å². The first-order valence-electron chi connectivity index (χ1n) is 9.24. The Bertz CT molecular complexity index is 976. The number of nitrogens with zero attached hydrogens (tertiary/aromatic N) is 1. The lowest BCUT2D eigenvalue weighted by Crippen LogP contribution is -2.59. The molecule has 1 saturated heterocycles. The van der Waals surface area contributed by atoms with Gasteiger partial charge < -0.3 is 19.5 Å². The summed E-state index contributed by atoms with van der Waals surface area (Å²) in [5, 5.41) is 10.8. The van der Waals surface area contributed by atoms with Crippen LogP contribution in [0.25, 0.3) is 6.08 Å². The third kappa shape index (κ3) is 2.93. The van der Waals surface area contributed by atoms with Crippen LogP contribution in [0.5, 0.6) is 11.5 Å². The minimum atomic E-state index is -0.723. The number of allylic oxidation sites excluding steroid dienone is 1. The average Bonchev–Trinajstić information content (AvgIpc) is 2.71. The van der Waals surface area contributed by atoms with Gasteiger partial charge in [0.05, 0.1) is 12.7 Å². The van der Waals surface area contributed by atoms with E-state index in [-0.39, 0.29) is 17.6 Å². The Morgan fingerprint density at radius 2 is 1.96 bits per heavy atom. The van der Waals surface area contributed by atoms with E-state index < -0.39 is 5.72 Å². The number of para-hydroxylation sites is 1. The molecule has 1 amide bonds. The number of ether oxygens (including phenoxy) is 2. The highest BCUT2D eigenvalue weighted by atomic mass is 16.5. The zero-order valence-corrected chi connectivity index (χ0v) is 16.2. The van der Waals surface area contributed by atoms with Crippen molar-refractivity contribution in [1.29, 1.82) is 0 Å². The van der Waals surface area contributed by atoms with E-state index in [0.29, 0.717) is 12.0 Å². The molecule has 0 spiro atoms. The van der Waals surface area contributed by atoms with Crippen molar-refractivity contribution < 1.29 is 19.4 Å². The highest BCUT2D eigenvalue weighted by Crippen LogP contribution is 2.49. The molecule has 144 valence electrons. The molecule has 1 fully saturated rings. The van der Waals surface area contributed by atoms with E-state index >= 15 is 0 Å². The molecule has 5 nitrogen and oxygen atoms in total. The number of benzene rings is 2. The summed E-state index contributed by atoms with van der Waals surface area (Å²) in [5.41, 5.74) is 1.52. The lowest BCUT2D eigenvalue weighted by Gasteiger charge is -2.49. The largest absolute Gasteiger partial charge is 0.507 e. The number of methoxy groups -OCH3 is 1. The number of piperidine rings is 1. The number of rotatable bonds is 3. The summed E-state index contributed by atoms with van der Waals surface area (Å²) in [6, 6.07) is 15.2. The van der Waals surface area contributed by atoms with Gasteiger partial charge in [-0.1, -0.05) is 36.4 Å². The van der Waals surface area contributed by atoms with Crippen LogP contribution in [-0.4, -0.2) is 35.8 Å². The van der Waals surface area contributed by atoms with Crippen molar-refractivity contribution in [2.24, 2.45) is 0 Å². The Labute approximate surface area is 164 Å². The summed E-state index contributed by atoms with van der Waals surface area (Å²) in [7, 11) is 3.33. The molecule has 2 aromatic carbocycles. The van der Waals surface area contributed by atoms with E-state index in [2.05, 4.69) is 0 Å². The zero-order chi connectivity index (χ0) is 19.9. The lowest BCUT2D eigenvalue weighted by molar-refractivity contribution is -0.153. The fourth-order valence-electron chi connectivity index (χ4n) is 3.90. The molecule has 2 bridgehead atoms. The van der Waals surface area contributed by atoms with E-state index in [1.165, 1.54) is 0 Å². The van der Waals surface area contributed by atoms with E-state index in [1.807, 2.05) is 55.5 Å². The Balaban J connectivity index is 1.74. The molecule has 0 saturated carbocycles. The molecule has 2 aromatic rings. The normalized spacial score (nSPS) is 25.3. The van der Waals surface area contributed by atoms with Crippen molar-refractivity contribution in [3.8, 4) is 11.5 Å². The van der Waals surface area contributed by atoms with Gasteiger partial charge in [0, 0.05) is 24.9 Å². The van der Waals surface area contributed by atoms with Gasteiger partial charge in [-0.05, 0) is 36.8 Å². The number of likely N-dealkylation sites (N-methyl/N-ethyl adjacent to an activating group) is 1. The van der Waals surface area contributed by atoms with Crippen LogP contribution < -0.4 is 9.47 Å². The highest BCUT2D eigenvalue weighted by molar-refractivity contribution is 5.98. The summed E-state index contributed by atoms with van der Waals surface area (Å²) >= 11 is 0. The molecule has 0 aliphatic carbocycles. The van der Waals surface area contributed by atoms with Gasteiger partial charge in [0.2, 0.25) is 0 Å². The molecular weight excluding hydrogens is 354 g/mol. The van der Waals surface area contributed by atoms with Crippen molar-refractivity contribution in [3.05, 3.63) is 77.1 Å². The second-order valence-electron chi connectivity index (χ2n) is 7.34. The first-order valence-corrected chi connectivity index (χ1v) is 9.24. The fourth-order valence-corrected chi connectivity index (χ4v) is 3.90. The second-order valence-corrected chi connectivity index (χ2v) is 7.34. The molecule has 5 heteroatoms. The third-order valence-corrected chi connectivity index (χ3v) is 5.63. The van der Waals surface area contributed by atoms with Crippen molar-refractivity contribution in [1.82, 2.24) is 4.90 Å². The summed E-state index contributed by atoms with van der Waals surface area (Å²) in [4.78, 5) is 14.6. The Kier molecular flexibility index (Phi) is 4.38.